The van der Waals surface area contributed by atoms with Crippen LogP contribution >= 0.6 is 0 Å². The Balaban J connectivity index is 0.000000180. The quantitative estimate of drug-likeness (QED) is 0.518. The van der Waals surface area contributed by atoms with Gasteiger partial charge in [-0.3, -0.25) is 9.78 Å². The van der Waals surface area contributed by atoms with E-state index >= 15 is 0 Å². The molecule has 11 heteroatoms. The molecule has 2 N–H and O–H groups in total. The van der Waals surface area contributed by atoms with Crippen LogP contribution in [-0.4, -0.2) is 30.9 Å². The molecule has 1 fully saturated rings. The van der Waals surface area contributed by atoms with E-state index < -0.39 is 17.6 Å². The number of imidazole rings is 1. The van der Waals surface area contributed by atoms with Crippen molar-refractivity contribution in [1.29, 1.82) is 0 Å². The smallest absolute Gasteiger partial charge is 0.406 e. The Bertz CT molecular complexity index is 1310. The molecule has 31 heavy (non-hydrogen) atoms. The fourth-order valence-corrected chi connectivity index (χ4v) is 2.99. The van der Waals surface area contributed by atoms with Crippen molar-refractivity contribution in [2.75, 3.05) is 0 Å². The summed E-state index contributed by atoms with van der Waals surface area (Å²) in [4.78, 5) is 31.9. The predicted octanol–water partition coefficient (Wildman–Crippen LogP) is 3.24. The number of hydrogen-bond donors (Lipinski definition) is 2. The van der Waals surface area contributed by atoms with E-state index in [-0.39, 0.29) is 5.75 Å². The minimum absolute atomic E-state index is 0.194. The molecule has 4 aromatic rings. The summed E-state index contributed by atoms with van der Waals surface area (Å²) in [5.41, 5.74) is 1.85. The van der Waals surface area contributed by atoms with Gasteiger partial charge in [0.25, 0.3) is 5.56 Å². The first-order valence-electron chi connectivity index (χ1n) is 9.27. The maximum Gasteiger partial charge on any atom is 0.573 e. The highest BCUT2D eigenvalue weighted by molar-refractivity contribution is 5.62. The molecule has 1 aliphatic rings. The number of aromatic nitrogens is 5. The van der Waals surface area contributed by atoms with Gasteiger partial charge in [0.2, 0.25) is 0 Å². The number of nitrogens with zero attached hydrogens (tertiary/aromatic N) is 3. The van der Waals surface area contributed by atoms with Crippen LogP contribution in [0.5, 0.6) is 5.75 Å². The first kappa shape index (κ1) is 20.4. The average Bonchev–Trinajstić information content (AvgIpc) is 3.44. The van der Waals surface area contributed by atoms with Crippen molar-refractivity contribution in [3.8, 4) is 17.0 Å². The van der Waals surface area contributed by atoms with Gasteiger partial charge in [-0.25, -0.2) is 14.3 Å². The molecule has 0 bridgehead atoms. The number of halogens is 3. The minimum atomic E-state index is -4.60. The molecule has 0 spiro atoms. The van der Waals surface area contributed by atoms with Gasteiger partial charge in [0.15, 0.2) is 5.65 Å². The van der Waals surface area contributed by atoms with Gasteiger partial charge >= 0.3 is 12.1 Å². The van der Waals surface area contributed by atoms with E-state index in [1.807, 2.05) is 6.07 Å². The van der Waals surface area contributed by atoms with E-state index in [1.165, 1.54) is 30.5 Å². The van der Waals surface area contributed by atoms with Crippen molar-refractivity contribution in [3.63, 3.8) is 0 Å². The monoisotopic (exact) mass is 431 g/mol. The first-order chi connectivity index (χ1) is 14.8. The van der Waals surface area contributed by atoms with E-state index in [9.17, 15) is 22.8 Å². The van der Waals surface area contributed by atoms with Crippen LogP contribution in [0.15, 0.2) is 64.6 Å². The van der Waals surface area contributed by atoms with Crippen molar-refractivity contribution in [1.82, 2.24) is 24.6 Å². The number of H-pyrrole nitrogens is 2. The van der Waals surface area contributed by atoms with Crippen molar-refractivity contribution >= 4 is 5.65 Å². The van der Waals surface area contributed by atoms with E-state index in [0.717, 1.165) is 24.1 Å². The lowest BCUT2D eigenvalue weighted by molar-refractivity contribution is -0.274. The summed E-state index contributed by atoms with van der Waals surface area (Å²) in [6, 6.07) is 8.94. The van der Waals surface area contributed by atoms with E-state index in [2.05, 4.69) is 24.8 Å². The fraction of sp³-hybridized carbons (Fsp3) is 0.200. The molecular formula is C20H16F3N5O3. The molecule has 0 aliphatic heterocycles. The SMILES string of the molecule is FC(F)(F)Oc1ccccc1.O=c1[nH]cc(-c2cc(C3CC3)c3nccn3n2)c(=O)[nH]1. The summed E-state index contributed by atoms with van der Waals surface area (Å²) in [7, 11) is 0. The van der Waals surface area contributed by atoms with Crippen LogP contribution < -0.4 is 16.0 Å². The molecular weight excluding hydrogens is 415 g/mol. The number of aromatic amines is 2. The van der Waals surface area contributed by atoms with Gasteiger partial charge in [0.05, 0.1) is 11.3 Å². The molecule has 3 aromatic heterocycles. The summed E-state index contributed by atoms with van der Waals surface area (Å²) in [5, 5.41) is 4.38. The third-order valence-electron chi connectivity index (χ3n) is 4.48. The van der Waals surface area contributed by atoms with Crippen molar-refractivity contribution in [2.24, 2.45) is 0 Å². The van der Waals surface area contributed by atoms with E-state index in [4.69, 9.17) is 0 Å². The maximum absolute atomic E-state index is 11.9. The van der Waals surface area contributed by atoms with Gasteiger partial charge in [-0.05, 0) is 37.0 Å². The number of alkyl halides is 3. The van der Waals surface area contributed by atoms with Gasteiger partial charge in [-0.2, -0.15) is 5.10 Å². The zero-order valence-electron chi connectivity index (χ0n) is 15.9. The Morgan fingerprint density at radius 2 is 1.87 bits per heavy atom. The molecule has 1 aliphatic carbocycles. The molecule has 8 nitrogen and oxygen atoms in total. The van der Waals surface area contributed by atoms with Crippen LogP contribution in [0.25, 0.3) is 16.9 Å². The zero-order valence-corrected chi connectivity index (χ0v) is 15.9. The Morgan fingerprint density at radius 3 is 2.52 bits per heavy atom. The third-order valence-corrected chi connectivity index (χ3v) is 4.48. The van der Waals surface area contributed by atoms with Gasteiger partial charge in [-0.1, -0.05) is 18.2 Å². The number of nitrogens with one attached hydrogen (secondary N) is 2. The largest absolute Gasteiger partial charge is 0.573 e. The number of benzene rings is 1. The van der Waals surface area contributed by atoms with E-state index in [0.29, 0.717) is 17.2 Å². The maximum atomic E-state index is 11.9. The molecule has 160 valence electrons. The standard InChI is InChI=1S/C13H11N5O2.C7H5F3O/c19-12-9(6-15-13(20)16-12)10-5-8(7-1-2-7)11-14-3-4-18(11)17-10;8-7(9,10)11-6-4-2-1-3-5-6/h3-7H,1-2H2,(H2,15,16,19,20);1-5H. The summed E-state index contributed by atoms with van der Waals surface area (Å²) >= 11 is 0. The number of para-hydroxylation sites is 1. The third kappa shape index (κ3) is 5.00. The van der Waals surface area contributed by atoms with Crippen LogP contribution in [0.2, 0.25) is 0 Å². The molecule has 1 saturated carbocycles. The second-order valence-corrected chi connectivity index (χ2v) is 6.80. The lowest BCUT2D eigenvalue weighted by Gasteiger charge is -2.07. The van der Waals surface area contributed by atoms with Gasteiger partial charge in [-0.15, -0.1) is 13.2 Å². The van der Waals surface area contributed by atoms with Crippen LogP contribution in [0.3, 0.4) is 0 Å². The highest BCUT2D eigenvalue weighted by atomic mass is 19.4. The highest BCUT2D eigenvalue weighted by Crippen LogP contribution is 2.42. The van der Waals surface area contributed by atoms with Gasteiger partial charge in [0, 0.05) is 24.2 Å². The van der Waals surface area contributed by atoms with Crippen molar-refractivity contribution in [3.05, 3.63) is 81.4 Å². The van der Waals surface area contributed by atoms with Crippen LogP contribution in [-0.2, 0) is 0 Å². The normalized spacial score (nSPS) is 13.5. The summed E-state index contributed by atoms with van der Waals surface area (Å²) in [6.07, 6.45) is 2.51. The van der Waals surface area contributed by atoms with Crippen LogP contribution in [0.1, 0.15) is 24.3 Å². The molecule has 0 atom stereocenters. The topological polar surface area (TPSA) is 105 Å². The number of hydrogen-bond acceptors (Lipinski definition) is 5. The average molecular weight is 431 g/mol. The predicted molar refractivity (Wildman–Crippen MR) is 105 cm³/mol. The van der Waals surface area contributed by atoms with Crippen LogP contribution in [0, 0.1) is 0 Å². The second-order valence-electron chi connectivity index (χ2n) is 6.80. The minimum Gasteiger partial charge on any atom is -0.406 e. The summed E-state index contributed by atoms with van der Waals surface area (Å²) in [6.45, 7) is 0. The molecule has 0 radical (unpaired) electrons. The lowest BCUT2D eigenvalue weighted by Crippen LogP contribution is -2.23. The lowest BCUT2D eigenvalue weighted by atomic mass is 10.1. The molecule has 0 saturated heterocycles. The summed E-state index contributed by atoms with van der Waals surface area (Å²) in [5.74, 6) is 0.295. The van der Waals surface area contributed by atoms with Gasteiger partial charge < -0.3 is 9.72 Å². The zero-order chi connectivity index (χ0) is 22.0. The molecule has 5 rings (SSSR count). The van der Waals surface area contributed by atoms with Crippen LogP contribution in [0.4, 0.5) is 13.2 Å². The Labute approximate surface area is 172 Å². The highest BCUT2D eigenvalue weighted by Gasteiger charge is 2.30. The number of rotatable bonds is 3. The summed E-state index contributed by atoms with van der Waals surface area (Å²) < 4.78 is 39.8. The molecule has 0 unspecified atom stereocenters. The number of ether oxygens (including phenoxy) is 1. The second kappa shape index (κ2) is 8.09. The Hall–Kier alpha value is -3.89. The van der Waals surface area contributed by atoms with Crippen molar-refractivity contribution in [2.45, 2.75) is 25.1 Å². The molecule has 3 heterocycles. The molecule has 1 aromatic carbocycles. The molecule has 0 amide bonds. The van der Waals surface area contributed by atoms with Crippen molar-refractivity contribution < 1.29 is 17.9 Å². The number of fused-ring (bicyclic) bond motifs is 1. The van der Waals surface area contributed by atoms with Gasteiger partial charge in [0.1, 0.15) is 5.75 Å². The first-order valence-corrected chi connectivity index (χ1v) is 9.27. The Kier molecular flexibility index (Phi) is 5.32. The van der Waals surface area contributed by atoms with E-state index in [1.54, 1.807) is 23.0 Å². The fourth-order valence-electron chi connectivity index (χ4n) is 2.99. The Morgan fingerprint density at radius 1 is 1.13 bits per heavy atom.